The van der Waals surface area contributed by atoms with Crippen LogP contribution in [0, 0.1) is 0 Å². The molecule has 0 radical (unpaired) electrons. The highest BCUT2D eigenvalue weighted by Gasteiger charge is 2.34. The zero-order valence-electron chi connectivity index (χ0n) is 16.5. The molecule has 0 amide bonds. The van der Waals surface area contributed by atoms with E-state index in [0.717, 1.165) is 38.2 Å². The number of benzene rings is 1. The molecule has 29 heavy (non-hydrogen) atoms. The van der Waals surface area contributed by atoms with Gasteiger partial charge in [-0.15, -0.1) is 0 Å². The maximum Gasteiger partial charge on any atom is 0.469 e. The standard InChI is InChI=1S/C19H29F3NO5P/c1-2-3-4-5-6-7-14-8-9-16(11-18(14)19(20,21)22)28-17-10-15(23-12-17)13-27-29(24,25)26/h8-9,11,15,17,23H,2-7,10,12-13H2,1H3,(H2,24,25,26)/t15-,17-/m1/s1. The van der Waals surface area contributed by atoms with Crippen LogP contribution in [0.4, 0.5) is 13.2 Å². The number of ether oxygens (including phenoxy) is 1. The van der Waals surface area contributed by atoms with Gasteiger partial charge in [0.05, 0.1) is 12.2 Å². The minimum absolute atomic E-state index is 0.135. The molecule has 1 aliphatic rings. The second-order valence-electron chi connectivity index (χ2n) is 7.35. The van der Waals surface area contributed by atoms with Crippen molar-refractivity contribution in [3.63, 3.8) is 0 Å². The van der Waals surface area contributed by atoms with Crippen LogP contribution >= 0.6 is 7.82 Å². The third-order valence-corrected chi connectivity index (χ3v) is 5.35. The molecule has 1 aromatic rings. The van der Waals surface area contributed by atoms with Gasteiger partial charge in [-0.05, 0) is 30.5 Å². The van der Waals surface area contributed by atoms with E-state index in [1.807, 2.05) is 0 Å². The van der Waals surface area contributed by atoms with Crippen molar-refractivity contribution in [1.29, 1.82) is 0 Å². The molecule has 0 spiro atoms. The van der Waals surface area contributed by atoms with Gasteiger partial charge in [-0.3, -0.25) is 4.52 Å². The first-order valence-electron chi connectivity index (χ1n) is 9.88. The molecule has 0 aromatic heterocycles. The second kappa shape index (κ2) is 10.8. The van der Waals surface area contributed by atoms with Crippen LogP contribution in [0.25, 0.3) is 0 Å². The summed E-state index contributed by atoms with van der Waals surface area (Å²) in [7, 11) is -4.56. The Morgan fingerprint density at radius 2 is 1.93 bits per heavy atom. The Morgan fingerprint density at radius 1 is 1.21 bits per heavy atom. The first-order valence-corrected chi connectivity index (χ1v) is 11.4. The van der Waals surface area contributed by atoms with E-state index in [1.54, 1.807) is 6.07 Å². The Hall–Kier alpha value is -1.12. The van der Waals surface area contributed by atoms with Crippen molar-refractivity contribution in [2.75, 3.05) is 13.2 Å². The molecule has 0 unspecified atom stereocenters. The summed E-state index contributed by atoms with van der Waals surface area (Å²) in [6.07, 6.45) is 0.739. The average Bonchev–Trinajstić information content (AvgIpc) is 3.07. The maximum absolute atomic E-state index is 13.5. The van der Waals surface area contributed by atoms with Crippen LogP contribution in [-0.4, -0.2) is 35.1 Å². The highest BCUT2D eigenvalue weighted by Crippen LogP contribution is 2.37. The van der Waals surface area contributed by atoms with E-state index >= 15 is 0 Å². The molecule has 3 N–H and O–H groups in total. The van der Waals surface area contributed by atoms with Gasteiger partial charge >= 0.3 is 14.0 Å². The van der Waals surface area contributed by atoms with E-state index in [2.05, 4.69) is 16.8 Å². The lowest BCUT2D eigenvalue weighted by Gasteiger charge is -2.18. The van der Waals surface area contributed by atoms with Gasteiger partial charge in [-0.25, -0.2) is 4.57 Å². The lowest BCUT2D eigenvalue weighted by molar-refractivity contribution is -0.138. The highest BCUT2D eigenvalue weighted by atomic mass is 31.2. The van der Waals surface area contributed by atoms with E-state index < -0.39 is 25.7 Å². The Bertz CT molecular complexity index is 695. The summed E-state index contributed by atoms with van der Waals surface area (Å²) in [5.41, 5.74) is -0.392. The van der Waals surface area contributed by atoms with Crippen LogP contribution in [-0.2, 0) is 21.7 Å². The van der Waals surface area contributed by atoms with Crippen molar-refractivity contribution in [2.24, 2.45) is 0 Å². The Balaban J connectivity index is 1.95. The molecule has 1 aromatic carbocycles. The predicted molar refractivity (Wildman–Crippen MR) is 103 cm³/mol. The molecule has 0 bridgehead atoms. The topological polar surface area (TPSA) is 88.0 Å². The fraction of sp³-hybridized carbons (Fsp3) is 0.684. The molecule has 2 atom stereocenters. The van der Waals surface area contributed by atoms with Crippen LogP contribution in [0.3, 0.4) is 0 Å². The molecule has 1 saturated heterocycles. The third-order valence-electron chi connectivity index (χ3n) is 4.86. The number of phosphoric ester groups is 1. The van der Waals surface area contributed by atoms with Gasteiger partial charge in [0, 0.05) is 19.0 Å². The Morgan fingerprint density at radius 3 is 2.59 bits per heavy atom. The third kappa shape index (κ3) is 8.64. The molecule has 6 nitrogen and oxygen atoms in total. The molecule has 10 heteroatoms. The monoisotopic (exact) mass is 439 g/mol. The molecule has 2 rings (SSSR count). The number of phosphoric acid groups is 1. The molecule has 1 aliphatic heterocycles. The lowest BCUT2D eigenvalue weighted by Crippen LogP contribution is -2.26. The van der Waals surface area contributed by atoms with Gasteiger partial charge in [0.2, 0.25) is 0 Å². The molecule has 0 aliphatic carbocycles. The van der Waals surface area contributed by atoms with E-state index in [0.29, 0.717) is 19.4 Å². The average molecular weight is 439 g/mol. The minimum Gasteiger partial charge on any atom is -0.489 e. The number of alkyl halides is 3. The Kier molecular flexibility index (Phi) is 8.97. The summed E-state index contributed by atoms with van der Waals surface area (Å²) in [6.45, 7) is 2.25. The van der Waals surface area contributed by atoms with Crippen LogP contribution in [0.15, 0.2) is 18.2 Å². The van der Waals surface area contributed by atoms with E-state index in [1.165, 1.54) is 6.07 Å². The summed E-state index contributed by atoms with van der Waals surface area (Å²) in [4.78, 5) is 17.5. The molecule has 0 saturated carbocycles. The molecule has 166 valence electrons. The lowest BCUT2D eigenvalue weighted by atomic mass is 10.00. The fourth-order valence-corrected chi connectivity index (χ4v) is 3.78. The zero-order valence-corrected chi connectivity index (χ0v) is 17.3. The zero-order chi connectivity index (χ0) is 21.5. The van der Waals surface area contributed by atoms with Crippen molar-refractivity contribution in [1.82, 2.24) is 5.32 Å². The normalized spacial score (nSPS) is 20.2. The van der Waals surface area contributed by atoms with Crippen molar-refractivity contribution < 1.29 is 36.8 Å². The molecule has 1 fully saturated rings. The summed E-state index contributed by atoms with van der Waals surface area (Å²) in [5, 5.41) is 2.98. The number of unbranched alkanes of at least 4 members (excludes halogenated alkanes) is 4. The van der Waals surface area contributed by atoms with Gasteiger partial charge in [0.1, 0.15) is 11.9 Å². The summed E-state index contributed by atoms with van der Waals surface area (Å²) in [6, 6.07) is 3.74. The number of aryl methyl sites for hydroxylation is 1. The van der Waals surface area contributed by atoms with E-state index in [4.69, 9.17) is 14.5 Å². The van der Waals surface area contributed by atoms with Crippen molar-refractivity contribution in [3.05, 3.63) is 29.3 Å². The maximum atomic E-state index is 13.5. The second-order valence-corrected chi connectivity index (χ2v) is 8.59. The number of rotatable bonds is 11. The fourth-order valence-electron chi connectivity index (χ4n) is 3.41. The first kappa shape index (κ1) is 24.2. The van der Waals surface area contributed by atoms with Crippen LogP contribution < -0.4 is 10.1 Å². The molecular weight excluding hydrogens is 410 g/mol. The summed E-state index contributed by atoms with van der Waals surface area (Å²) in [5.74, 6) is 0.135. The van der Waals surface area contributed by atoms with Crippen LogP contribution in [0.1, 0.15) is 56.6 Å². The number of nitrogens with one attached hydrogen (secondary N) is 1. The van der Waals surface area contributed by atoms with E-state index in [-0.39, 0.29) is 24.0 Å². The SMILES string of the molecule is CCCCCCCc1ccc(O[C@H]2CN[C@@H](COP(=O)(O)O)C2)cc1C(F)(F)F. The summed E-state index contributed by atoms with van der Waals surface area (Å²) < 4.78 is 61.3. The van der Waals surface area contributed by atoms with Gasteiger partial charge in [-0.2, -0.15) is 13.2 Å². The van der Waals surface area contributed by atoms with Crippen LogP contribution in [0.5, 0.6) is 5.75 Å². The van der Waals surface area contributed by atoms with Gasteiger partial charge < -0.3 is 19.8 Å². The van der Waals surface area contributed by atoms with Gasteiger partial charge in [0.15, 0.2) is 0 Å². The minimum atomic E-state index is -4.56. The molecule has 1 heterocycles. The van der Waals surface area contributed by atoms with Crippen molar-refractivity contribution in [2.45, 2.75) is 70.2 Å². The highest BCUT2D eigenvalue weighted by molar-refractivity contribution is 7.46. The quantitative estimate of drug-likeness (QED) is 0.349. The Labute approximate surface area is 169 Å². The van der Waals surface area contributed by atoms with Crippen LogP contribution in [0.2, 0.25) is 0 Å². The molecular formula is C19H29F3NO5P. The predicted octanol–water partition coefficient (Wildman–Crippen LogP) is 4.44. The van der Waals surface area contributed by atoms with E-state index in [9.17, 15) is 17.7 Å². The van der Waals surface area contributed by atoms with Crippen molar-refractivity contribution in [3.8, 4) is 5.75 Å². The van der Waals surface area contributed by atoms with Gasteiger partial charge in [-0.1, -0.05) is 38.7 Å². The number of hydrogen-bond donors (Lipinski definition) is 3. The number of hydrogen-bond acceptors (Lipinski definition) is 4. The first-order chi connectivity index (χ1) is 13.6. The summed E-state index contributed by atoms with van der Waals surface area (Å²) >= 11 is 0. The van der Waals surface area contributed by atoms with Gasteiger partial charge in [0.25, 0.3) is 0 Å². The smallest absolute Gasteiger partial charge is 0.469 e. The van der Waals surface area contributed by atoms with Crippen molar-refractivity contribution >= 4 is 7.82 Å². The largest absolute Gasteiger partial charge is 0.489 e. The number of halogens is 3.